The molecule has 23 heavy (non-hydrogen) atoms. The van der Waals surface area contributed by atoms with Crippen LogP contribution in [0.2, 0.25) is 0 Å². The van der Waals surface area contributed by atoms with Gasteiger partial charge >= 0.3 is 0 Å². The molecule has 0 saturated carbocycles. The molecule has 0 saturated heterocycles. The zero-order valence-electron chi connectivity index (χ0n) is 12.9. The standard InChI is InChI=1S/C17H16N4OS/c1-12-6-3-4-7-14(12)11-18-21-16(19-20-17(21)23)13-8-5-9-15(10-13)22-2/h3-11H,1-2H3,(H,20,23)/b18-11-. The highest BCUT2D eigenvalue weighted by atomic mass is 32.1. The molecular weight excluding hydrogens is 308 g/mol. The number of aryl methyl sites for hydroxylation is 1. The van der Waals surface area contributed by atoms with E-state index < -0.39 is 0 Å². The monoisotopic (exact) mass is 324 g/mol. The van der Waals surface area contributed by atoms with Crippen molar-refractivity contribution < 1.29 is 4.74 Å². The summed E-state index contributed by atoms with van der Waals surface area (Å²) in [6.07, 6.45) is 1.78. The van der Waals surface area contributed by atoms with E-state index in [1.807, 2.05) is 55.5 Å². The number of methoxy groups -OCH3 is 1. The second-order valence-electron chi connectivity index (χ2n) is 5.00. The normalized spacial score (nSPS) is 11.0. The van der Waals surface area contributed by atoms with Gasteiger partial charge in [0.2, 0.25) is 4.77 Å². The largest absolute Gasteiger partial charge is 0.497 e. The minimum absolute atomic E-state index is 0.438. The zero-order valence-corrected chi connectivity index (χ0v) is 13.7. The van der Waals surface area contributed by atoms with E-state index >= 15 is 0 Å². The number of aromatic nitrogens is 3. The van der Waals surface area contributed by atoms with Gasteiger partial charge in [0, 0.05) is 5.56 Å². The second kappa shape index (κ2) is 6.58. The SMILES string of the molecule is COc1cccc(-c2n[nH]c(=S)n2/N=C\c2ccccc2C)c1. The van der Waals surface area contributed by atoms with Crippen LogP contribution in [-0.4, -0.2) is 28.2 Å². The third-order valence-corrected chi connectivity index (χ3v) is 3.74. The van der Waals surface area contributed by atoms with Gasteiger partial charge in [-0.05, 0) is 42.4 Å². The van der Waals surface area contributed by atoms with E-state index in [4.69, 9.17) is 17.0 Å². The number of nitrogens with zero attached hydrogens (tertiary/aromatic N) is 3. The van der Waals surface area contributed by atoms with Crippen molar-refractivity contribution in [3.05, 3.63) is 64.4 Å². The summed E-state index contributed by atoms with van der Waals surface area (Å²) in [6, 6.07) is 15.6. The van der Waals surface area contributed by atoms with Crippen LogP contribution in [-0.2, 0) is 0 Å². The molecule has 3 aromatic rings. The highest BCUT2D eigenvalue weighted by Gasteiger charge is 2.09. The molecule has 0 aliphatic heterocycles. The van der Waals surface area contributed by atoms with Gasteiger partial charge in [0.15, 0.2) is 5.82 Å². The lowest BCUT2D eigenvalue weighted by atomic mass is 10.1. The molecule has 116 valence electrons. The van der Waals surface area contributed by atoms with Crippen molar-refractivity contribution in [2.45, 2.75) is 6.92 Å². The average molecular weight is 324 g/mol. The van der Waals surface area contributed by atoms with E-state index in [0.717, 1.165) is 22.4 Å². The quantitative estimate of drug-likeness (QED) is 0.586. The number of rotatable bonds is 4. The number of aromatic amines is 1. The number of H-pyrrole nitrogens is 1. The molecule has 0 amide bonds. The first-order valence-electron chi connectivity index (χ1n) is 7.11. The molecule has 3 rings (SSSR count). The van der Waals surface area contributed by atoms with Crippen LogP contribution in [0.1, 0.15) is 11.1 Å². The molecule has 5 nitrogen and oxygen atoms in total. The Morgan fingerprint density at radius 2 is 2.04 bits per heavy atom. The third-order valence-electron chi connectivity index (χ3n) is 3.48. The molecule has 2 aromatic carbocycles. The van der Waals surface area contributed by atoms with Crippen molar-refractivity contribution in [1.82, 2.24) is 14.9 Å². The highest BCUT2D eigenvalue weighted by molar-refractivity contribution is 7.71. The summed E-state index contributed by atoms with van der Waals surface area (Å²) in [5.41, 5.74) is 3.06. The summed E-state index contributed by atoms with van der Waals surface area (Å²) in [4.78, 5) is 0. The number of benzene rings is 2. The number of nitrogens with one attached hydrogen (secondary N) is 1. The van der Waals surface area contributed by atoms with Crippen molar-refractivity contribution in [1.29, 1.82) is 0 Å². The fraction of sp³-hybridized carbons (Fsp3) is 0.118. The van der Waals surface area contributed by atoms with Crippen LogP contribution in [0.3, 0.4) is 0 Å². The summed E-state index contributed by atoms with van der Waals surface area (Å²) in [5.74, 6) is 1.39. The first-order chi connectivity index (χ1) is 11.2. The topological polar surface area (TPSA) is 55.2 Å². The first kappa shape index (κ1) is 15.2. The molecule has 0 atom stereocenters. The molecule has 1 N–H and O–H groups in total. The Labute approximate surface area is 139 Å². The van der Waals surface area contributed by atoms with Gasteiger partial charge in [0.1, 0.15) is 5.75 Å². The van der Waals surface area contributed by atoms with Crippen molar-refractivity contribution in [2.75, 3.05) is 7.11 Å². The maximum absolute atomic E-state index is 5.28. The molecule has 0 aliphatic carbocycles. The smallest absolute Gasteiger partial charge is 0.216 e. The van der Waals surface area contributed by atoms with Crippen molar-refractivity contribution in [3.63, 3.8) is 0 Å². The van der Waals surface area contributed by atoms with Gasteiger partial charge in [-0.2, -0.15) is 14.9 Å². The molecule has 0 unspecified atom stereocenters. The summed E-state index contributed by atoms with van der Waals surface area (Å²) in [6.45, 7) is 2.04. The Bertz CT molecular complexity index is 911. The molecule has 0 radical (unpaired) electrons. The van der Waals surface area contributed by atoms with Crippen LogP contribution in [0, 0.1) is 11.7 Å². The van der Waals surface area contributed by atoms with E-state index in [9.17, 15) is 0 Å². The van der Waals surface area contributed by atoms with E-state index in [0.29, 0.717) is 10.6 Å². The van der Waals surface area contributed by atoms with E-state index in [2.05, 4.69) is 15.3 Å². The third kappa shape index (κ3) is 3.22. The molecule has 1 heterocycles. The fourth-order valence-corrected chi connectivity index (χ4v) is 2.38. The number of ether oxygens (including phenoxy) is 1. The predicted octanol–water partition coefficient (Wildman–Crippen LogP) is 3.81. The van der Waals surface area contributed by atoms with Crippen molar-refractivity contribution in [2.24, 2.45) is 5.10 Å². The van der Waals surface area contributed by atoms with Crippen LogP contribution < -0.4 is 4.74 Å². The van der Waals surface area contributed by atoms with Crippen molar-refractivity contribution in [3.8, 4) is 17.1 Å². The maximum Gasteiger partial charge on any atom is 0.216 e. The Balaban J connectivity index is 2.02. The van der Waals surface area contributed by atoms with Crippen LogP contribution in [0.5, 0.6) is 5.75 Å². The van der Waals surface area contributed by atoms with Gasteiger partial charge in [0.25, 0.3) is 0 Å². The number of hydrogen-bond acceptors (Lipinski definition) is 4. The molecule has 0 bridgehead atoms. The van der Waals surface area contributed by atoms with Gasteiger partial charge in [-0.25, -0.2) is 5.10 Å². The Kier molecular flexibility index (Phi) is 4.34. The van der Waals surface area contributed by atoms with Crippen LogP contribution in [0.25, 0.3) is 11.4 Å². The average Bonchev–Trinajstić information content (AvgIpc) is 2.95. The lowest BCUT2D eigenvalue weighted by Gasteiger charge is -2.04. The maximum atomic E-state index is 5.28. The summed E-state index contributed by atoms with van der Waals surface area (Å²) < 4.78 is 7.30. The first-order valence-corrected chi connectivity index (χ1v) is 7.51. The zero-order chi connectivity index (χ0) is 16.2. The summed E-state index contributed by atoms with van der Waals surface area (Å²) in [7, 11) is 1.63. The molecule has 0 spiro atoms. The van der Waals surface area contributed by atoms with Crippen LogP contribution >= 0.6 is 12.2 Å². The molecule has 6 heteroatoms. The minimum atomic E-state index is 0.438. The second-order valence-corrected chi connectivity index (χ2v) is 5.38. The molecule has 0 fully saturated rings. The van der Waals surface area contributed by atoms with E-state index in [1.54, 1.807) is 18.0 Å². The van der Waals surface area contributed by atoms with E-state index in [-0.39, 0.29) is 0 Å². The minimum Gasteiger partial charge on any atom is -0.497 e. The predicted molar refractivity (Wildman–Crippen MR) is 93.6 cm³/mol. The van der Waals surface area contributed by atoms with Gasteiger partial charge in [-0.1, -0.05) is 36.4 Å². The highest BCUT2D eigenvalue weighted by Crippen LogP contribution is 2.22. The van der Waals surface area contributed by atoms with Crippen molar-refractivity contribution >= 4 is 18.4 Å². The van der Waals surface area contributed by atoms with Gasteiger partial charge in [-0.3, -0.25) is 0 Å². The lowest BCUT2D eigenvalue weighted by Crippen LogP contribution is -1.96. The molecule has 1 aromatic heterocycles. The Morgan fingerprint density at radius 1 is 1.22 bits per heavy atom. The summed E-state index contributed by atoms with van der Waals surface area (Å²) >= 11 is 5.28. The van der Waals surface area contributed by atoms with Crippen LogP contribution in [0.4, 0.5) is 0 Å². The fourth-order valence-electron chi connectivity index (χ4n) is 2.20. The summed E-state index contributed by atoms with van der Waals surface area (Å²) in [5, 5.41) is 11.5. The van der Waals surface area contributed by atoms with Gasteiger partial charge in [-0.15, -0.1) is 0 Å². The molecular formula is C17H16N4OS. The number of hydrogen-bond donors (Lipinski definition) is 1. The van der Waals surface area contributed by atoms with E-state index in [1.165, 1.54) is 0 Å². The molecule has 0 aliphatic rings. The van der Waals surface area contributed by atoms with Gasteiger partial charge < -0.3 is 4.74 Å². The lowest BCUT2D eigenvalue weighted by molar-refractivity contribution is 0.415. The Hall–Kier alpha value is -2.73. The van der Waals surface area contributed by atoms with Crippen LogP contribution in [0.15, 0.2) is 53.6 Å². The Morgan fingerprint density at radius 3 is 2.83 bits per heavy atom. The van der Waals surface area contributed by atoms with Gasteiger partial charge in [0.05, 0.1) is 13.3 Å².